The summed E-state index contributed by atoms with van der Waals surface area (Å²) in [6.45, 7) is 2.18. The lowest BCUT2D eigenvalue weighted by Gasteiger charge is -2.22. The maximum absolute atomic E-state index is 4.50. The Morgan fingerprint density at radius 2 is 2.00 bits per heavy atom. The molecule has 94 valence electrons. The number of aromatic nitrogens is 3. The molecule has 0 atom stereocenters. The summed E-state index contributed by atoms with van der Waals surface area (Å²) in [6.07, 6.45) is 8.30. The standard InChI is InChI=1S/C13H15IN4/c14-13-2-1-10(7-16-13)11-8-17-18(9-11)12-3-5-15-6-4-12/h1-2,7-9,12,15H,3-6H2. The van der Waals surface area contributed by atoms with E-state index in [1.54, 1.807) is 0 Å². The van der Waals surface area contributed by atoms with E-state index in [1.165, 1.54) is 0 Å². The molecule has 4 nitrogen and oxygen atoms in total. The lowest BCUT2D eigenvalue weighted by Crippen LogP contribution is -2.29. The molecule has 1 aliphatic rings. The first-order chi connectivity index (χ1) is 8.83. The number of nitrogens with zero attached hydrogens (tertiary/aromatic N) is 3. The van der Waals surface area contributed by atoms with Gasteiger partial charge in [0.05, 0.1) is 12.2 Å². The Morgan fingerprint density at radius 1 is 1.17 bits per heavy atom. The van der Waals surface area contributed by atoms with Gasteiger partial charge in [0.1, 0.15) is 3.70 Å². The van der Waals surface area contributed by atoms with Gasteiger partial charge in [0, 0.05) is 23.5 Å². The highest BCUT2D eigenvalue weighted by Crippen LogP contribution is 2.23. The molecule has 18 heavy (non-hydrogen) atoms. The lowest BCUT2D eigenvalue weighted by molar-refractivity contribution is 0.343. The Hall–Kier alpha value is -0.950. The first kappa shape index (κ1) is 12.1. The van der Waals surface area contributed by atoms with Gasteiger partial charge >= 0.3 is 0 Å². The van der Waals surface area contributed by atoms with Crippen molar-refractivity contribution in [3.05, 3.63) is 34.4 Å². The molecular weight excluding hydrogens is 339 g/mol. The molecule has 1 saturated heterocycles. The summed E-state index contributed by atoms with van der Waals surface area (Å²) in [6, 6.07) is 4.66. The fraction of sp³-hybridized carbons (Fsp3) is 0.385. The molecule has 0 aromatic carbocycles. The van der Waals surface area contributed by atoms with Gasteiger partial charge in [0.15, 0.2) is 0 Å². The highest BCUT2D eigenvalue weighted by atomic mass is 127. The number of rotatable bonds is 2. The molecule has 0 bridgehead atoms. The zero-order chi connectivity index (χ0) is 12.4. The van der Waals surface area contributed by atoms with Gasteiger partial charge in [-0.25, -0.2) is 4.98 Å². The number of hydrogen-bond donors (Lipinski definition) is 1. The van der Waals surface area contributed by atoms with Gasteiger partial charge in [-0.05, 0) is 54.6 Å². The first-order valence-corrected chi connectivity index (χ1v) is 7.27. The van der Waals surface area contributed by atoms with E-state index in [-0.39, 0.29) is 0 Å². The van der Waals surface area contributed by atoms with Gasteiger partial charge in [0.25, 0.3) is 0 Å². The SMILES string of the molecule is Ic1ccc(-c2cnn(C3CCNCC3)c2)cn1. The van der Waals surface area contributed by atoms with E-state index in [2.05, 4.69) is 54.9 Å². The summed E-state index contributed by atoms with van der Waals surface area (Å²) in [5, 5.41) is 7.88. The molecule has 0 amide bonds. The van der Waals surface area contributed by atoms with Crippen molar-refractivity contribution in [1.82, 2.24) is 20.1 Å². The van der Waals surface area contributed by atoms with Crippen LogP contribution in [-0.2, 0) is 0 Å². The Kier molecular flexibility index (Phi) is 3.60. The number of halogens is 1. The first-order valence-electron chi connectivity index (χ1n) is 6.20. The Balaban J connectivity index is 1.82. The topological polar surface area (TPSA) is 42.7 Å². The fourth-order valence-electron chi connectivity index (χ4n) is 2.30. The molecule has 3 heterocycles. The molecule has 1 aliphatic heterocycles. The van der Waals surface area contributed by atoms with Crippen LogP contribution in [0.1, 0.15) is 18.9 Å². The quantitative estimate of drug-likeness (QED) is 0.666. The minimum absolute atomic E-state index is 0.539. The van der Waals surface area contributed by atoms with E-state index in [1.807, 2.05) is 18.5 Å². The van der Waals surface area contributed by atoms with Crippen molar-refractivity contribution in [2.75, 3.05) is 13.1 Å². The lowest BCUT2D eigenvalue weighted by atomic mass is 10.1. The molecule has 3 rings (SSSR count). The third-order valence-electron chi connectivity index (χ3n) is 3.35. The fourth-order valence-corrected chi connectivity index (χ4v) is 2.62. The van der Waals surface area contributed by atoms with Crippen LogP contribution in [0.15, 0.2) is 30.7 Å². The van der Waals surface area contributed by atoms with Crippen molar-refractivity contribution in [3.8, 4) is 11.1 Å². The molecule has 2 aromatic rings. The van der Waals surface area contributed by atoms with E-state index < -0.39 is 0 Å². The number of hydrogen-bond acceptors (Lipinski definition) is 3. The number of pyridine rings is 1. The monoisotopic (exact) mass is 354 g/mol. The molecule has 1 N–H and O–H groups in total. The van der Waals surface area contributed by atoms with E-state index in [4.69, 9.17) is 0 Å². The summed E-state index contributed by atoms with van der Waals surface area (Å²) < 4.78 is 3.12. The molecule has 0 aliphatic carbocycles. The van der Waals surface area contributed by atoms with Crippen molar-refractivity contribution in [3.63, 3.8) is 0 Å². The second-order valence-electron chi connectivity index (χ2n) is 4.56. The van der Waals surface area contributed by atoms with Gasteiger partial charge < -0.3 is 5.32 Å². The van der Waals surface area contributed by atoms with Crippen LogP contribution in [0.4, 0.5) is 0 Å². The van der Waals surface area contributed by atoms with Crippen LogP contribution in [0, 0.1) is 3.70 Å². The number of nitrogens with one attached hydrogen (secondary N) is 1. The highest BCUT2D eigenvalue weighted by Gasteiger charge is 2.15. The van der Waals surface area contributed by atoms with Crippen LogP contribution in [0.3, 0.4) is 0 Å². The zero-order valence-electron chi connectivity index (χ0n) is 10.0. The number of piperidine rings is 1. The molecule has 0 saturated carbocycles. The second kappa shape index (κ2) is 5.36. The molecule has 0 radical (unpaired) electrons. The van der Waals surface area contributed by atoms with Gasteiger partial charge in [-0.15, -0.1) is 0 Å². The Labute approximate surface area is 120 Å². The van der Waals surface area contributed by atoms with Crippen LogP contribution >= 0.6 is 22.6 Å². The van der Waals surface area contributed by atoms with E-state index in [0.717, 1.165) is 40.8 Å². The van der Waals surface area contributed by atoms with E-state index >= 15 is 0 Å². The normalized spacial score (nSPS) is 16.9. The third kappa shape index (κ3) is 2.56. The molecular formula is C13H15IN4. The average Bonchev–Trinajstić information content (AvgIpc) is 2.90. The molecule has 0 unspecified atom stereocenters. The van der Waals surface area contributed by atoms with Crippen molar-refractivity contribution >= 4 is 22.6 Å². The second-order valence-corrected chi connectivity index (χ2v) is 5.67. The van der Waals surface area contributed by atoms with Gasteiger partial charge in [-0.2, -0.15) is 5.10 Å². The summed E-state index contributed by atoms with van der Waals surface area (Å²) in [5.74, 6) is 0. The smallest absolute Gasteiger partial charge is 0.101 e. The predicted molar refractivity (Wildman–Crippen MR) is 79.3 cm³/mol. The van der Waals surface area contributed by atoms with Crippen LogP contribution in [0.2, 0.25) is 0 Å². The third-order valence-corrected chi connectivity index (χ3v) is 3.98. The minimum atomic E-state index is 0.539. The summed E-state index contributed by atoms with van der Waals surface area (Å²) in [5.41, 5.74) is 2.29. The van der Waals surface area contributed by atoms with Gasteiger partial charge in [-0.3, -0.25) is 4.68 Å². The average molecular weight is 354 g/mol. The van der Waals surface area contributed by atoms with E-state index in [9.17, 15) is 0 Å². The maximum Gasteiger partial charge on any atom is 0.101 e. The van der Waals surface area contributed by atoms with Crippen LogP contribution in [-0.4, -0.2) is 27.9 Å². The van der Waals surface area contributed by atoms with Crippen molar-refractivity contribution in [2.24, 2.45) is 0 Å². The van der Waals surface area contributed by atoms with Gasteiger partial charge in [0.2, 0.25) is 0 Å². The molecule has 2 aromatic heterocycles. The minimum Gasteiger partial charge on any atom is -0.317 e. The zero-order valence-corrected chi connectivity index (χ0v) is 12.2. The van der Waals surface area contributed by atoms with Crippen LogP contribution in [0.25, 0.3) is 11.1 Å². The van der Waals surface area contributed by atoms with Gasteiger partial charge in [-0.1, -0.05) is 6.07 Å². The largest absolute Gasteiger partial charge is 0.317 e. The molecule has 1 fully saturated rings. The summed E-state index contributed by atoms with van der Waals surface area (Å²) >= 11 is 2.22. The molecule has 5 heteroatoms. The Morgan fingerprint density at radius 3 is 2.72 bits per heavy atom. The predicted octanol–water partition coefficient (Wildman–Crippen LogP) is 2.47. The van der Waals surface area contributed by atoms with Crippen molar-refractivity contribution in [1.29, 1.82) is 0 Å². The van der Waals surface area contributed by atoms with E-state index in [0.29, 0.717) is 6.04 Å². The van der Waals surface area contributed by atoms with Crippen LogP contribution < -0.4 is 5.32 Å². The highest BCUT2D eigenvalue weighted by molar-refractivity contribution is 14.1. The van der Waals surface area contributed by atoms with Crippen molar-refractivity contribution < 1.29 is 0 Å². The molecule has 0 spiro atoms. The maximum atomic E-state index is 4.50. The van der Waals surface area contributed by atoms with Crippen LogP contribution in [0.5, 0.6) is 0 Å². The van der Waals surface area contributed by atoms with Crippen molar-refractivity contribution in [2.45, 2.75) is 18.9 Å². The summed E-state index contributed by atoms with van der Waals surface area (Å²) in [7, 11) is 0. The Bertz CT molecular complexity index is 514. The summed E-state index contributed by atoms with van der Waals surface area (Å²) in [4.78, 5) is 4.32.